The Labute approximate surface area is 70.6 Å². The molecule has 0 aromatic rings. The number of alkyl halides is 1. The second kappa shape index (κ2) is 3.93. The van der Waals surface area contributed by atoms with E-state index in [1.165, 1.54) is 0 Å². The molecule has 0 saturated carbocycles. The van der Waals surface area contributed by atoms with Crippen molar-refractivity contribution < 1.29 is 14.3 Å². The molecule has 2 atom stereocenters. The summed E-state index contributed by atoms with van der Waals surface area (Å²) in [4.78, 5) is 11.0. The molecule has 0 aromatic heterocycles. The standard InChI is InChI=1S/C7H11ClO3/c1-2-10-7(9)6-5(8)3-4-11-6/h5-6H,2-4H2,1H3. The first kappa shape index (κ1) is 8.81. The van der Waals surface area contributed by atoms with Crippen LogP contribution in [0.4, 0.5) is 0 Å². The minimum absolute atomic E-state index is 0.214. The van der Waals surface area contributed by atoms with E-state index in [1.54, 1.807) is 6.92 Å². The van der Waals surface area contributed by atoms with Crippen molar-refractivity contribution in [1.29, 1.82) is 0 Å². The summed E-state index contributed by atoms with van der Waals surface area (Å²) in [5, 5.41) is -0.214. The number of esters is 1. The van der Waals surface area contributed by atoms with Crippen LogP contribution in [0.3, 0.4) is 0 Å². The van der Waals surface area contributed by atoms with Crippen LogP contribution in [-0.4, -0.2) is 30.7 Å². The first-order valence-corrected chi connectivity index (χ1v) is 4.11. The molecule has 0 N–H and O–H groups in total. The summed E-state index contributed by atoms with van der Waals surface area (Å²) in [5.74, 6) is -0.343. The van der Waals surface area contributed by atoms with Gasteiger partial charge < -0.3 is 9.47 Å². The van der Waals surface area contributed by atoms with E-state index in [9.17, 15) is 4.79 Å². The van der Waals surface area contributed by atoms with Gasteiger partial charge >= 0.3 is 5.97 Å². The molecule has 1 saturated heterocycles. The zero-order chi connectivity index (χ0) is 8.27. The van der Waals surface area contributed by atoms with E-state index in [4.69, 9.17) is 21.1 Å². The number of rotatable bonds is 2. The van der Waals surface area contributed by atoms with Gasteiger partial charge in [-0.15, -0.1) is 11.6 Å². The number of halogens is 1. The molecule has 1 fully saturated rings. The van der Waals surface area contributed by atoms with Crippen molar-refractivity contribution in [3.8, 4) is 0 Å². The van der Waals surface area contributed by atoms with Crippen LogP contribution in [0.2, 0.25) is 0 Å². The van der Waals surface area contributed by atoms with Crippen LogP contribution >= 0.6 is 11.6 Å². The van der Waals surface area contributed by atoms with Crippen LogP contribution in [0.1, 0.15) is 13.3 Å². The molecule has 0 aliphatic carbocycles. The molecule has 0 bridgehead atoms. The highest BCUT2D eigenvalue weighted by Crippen LogP contribution is 2.20. The maximum atomic E-state index is 11.0. The van der Waals surface area contributed by atoms with Gasteiger partial charge in [-0.1, -0.05) is 0 Å². The zero-order valence-corrected chi connectivity index (χ0v) is 7.13. The van der Waals surface area contributed by atoms with Crippen molar-refractivity contribution in [2.24, 2.45) is 0 Å². The van der Waals surface area contributed by atoms with Crippen molar-refractivity contribution in [1.82, 2.24) is 0 Å². The van der Waals surface area contributed by atoms with Gasteiger partial charge in [-0.3, -0.25) is 0 Å². The molecule has 4 heteroatoms. The zero-order valence-electron chi connectivity index (χ0n) is 6.38. The van der Waals surface area contributed by atoms with Crippen LogP contribution in [-0.2, 0) is 14.3 Å². The van der Waals surface area contributed by atoms with E-state index in [1.807, 2.05) is 0 Å². The lowest BCUT2D eigenvalue weighted by atomic mass is 10.2. The van der Waals surface area contributed by atoms with Crippen molar-refractivity contribution in [3.63, 3.8) is 0 Å². The maximum absolute atomic E-state index is 11.0. The Morgan fingerprint density at radius 2 is 2.55 bits per heavy atom. The third-order valence-electron chi connectivity index (χ3n) is 1.54. The predicted octanol–water partition coefficient (Wildman–Crippen LogP) is 0.946. The minimum atomic E-state index is -0.545. The molecule has 11 heavy (non-hydrogen) atoms. The van der Waals surface area contributed by atoms with Gasteiger partial charge in [0.1, 0.15) is 0 Å². The smallest absolute Gasteiger partial charge is 0.336 e. The van der Waals surface area contributed by atoms with Gasteiger partial charge in [-0.2, -0.15) is 0 Å². The summed E-state index contributed by atoms with van der Waals surface area (Å²) < 4.78 is 9.82. The highest BCUT2D eigenvalue weighted by atomic mass is 35.5. The van der Waals surface area contributed by atoms with Gasteiger partial charge in [0, 0.05) is 6.61 Å². The largest absolute Gasteiger partial charge is 0.464 e. The third kappa shape index (κ3) is 2.07. The molecule has 2 unspecified atom stereocenters. The topological polar surface area (TPSA) is 35.5 Å². The average molecular weight is 179 g/mol. The van der Waals surface area contributed by atoms with Crippen molar-refractivity contribution in [2.75, 3.05) is 13.2 Å². The Morgan fingerprint density at radius 1 is 1.82 bits per heavy atom. The molecule has 1 heterocycles. The summed E-state index contributed by atoms with van der Waals surface area (Å²) in [6, 6.07) is 0. The second-order valence-electron chi connectivity index (χ2n) is 2.35. The molecule has 1 rings (SSSR count). The Hall–Kier alpha value is -0.280. The fourth-order valence-corrected chi connectivity index (χ4v) is 1.27. The predicted molar refractivity (Wildman–Crippen MR) is 40.6 cm³/mol. The third-order valence-corrected chi connectivity index (χ3v) is 1.99. The molecule has 0 radical (unpaired) electrons. The minimum Gasteiger partial charge on any atom is -0.464 e. The van der Waals surface area contributed by atoms with E-state index in [2.05, 4.69) is 0 Å². The van der Waals surface area contributed by atoms with Gasteiger partial charge in [-0.25, -0.2) is 4.79 Å². The van der Waals surface area contributed by atoms with Crippen LogP contribution in [0.15, 0.2) is 0 Å². The molecular formula is C7H11ClO3. The van der Waals surface area contributed by atoms with E-state index in [0.29, 0.717) is 13.2 Å². The van der Waals surface area contributed by atoms with Crippen LogP contribution in [0.25, 0.3) is 0 Å². The monoisotopic (exact) mass is 178 g/mol. The van der Waals surface area contributed by atoms with E-state index in [-0.39, 0.29) is 11.3 Å². The van der Waals surface area contributed by atoms with Gasteiger partial charge in [-0.05, 0) is 13.3 Å². The number of hydrogen-bond donors (Lipinski definition) is 0. The Morgan fingerprint density at radius 3 is 3.00 bits per heavy atom. The molecule has 1 aliphatic heterocycles. The normalized spacial score (nSPS) is 30.4. The fourth-order valence-electron chi connectivity index (χ4n) is 1.00. The molecule has 0 amide bonds. The summed E-state index contributed by atoms with van der Waals surface area (Å²) >= 11 is 5.78. The van der Waals surface area contributed by atoms with Crippen molar-refractivity contribution in [2.45, 2.75) is 24.8 Å². The number of carbonyl (C=O) groups is 1. The number of ether oxygens (including phenoxy) is 2. The van der Waals surface area contributed by atoms with Gasteiger partial charge in [0.2, 0.25) is 0 Å². The molecule has 3 nitrogen and oxygen atoms in total. The average Bonchev–Trinajstić information content (AvgIpc) is 2.36. The Kier molecular flexibility index (Phi) is 3.15. The first-order chi connectivity index (χ1) is 5.25. The number of carbonyl (C=O) groups excluding carboxylic acids is 1. The Balaban J connectivity index is 2.39. The van der Waals surface area contributed by atoms with Crippen LogP contribution in [0, 0.1) is 0 Å². The Bertz CT molecular complexity index is 149. The van der Waals surface area contributed by atoms with Gasteiger partial charge in [0.05, 0.1) is 12.0 Å². The van der Waals surface area contributed by atoms with E-state index < -0.39 is 6.10 Å². The van der Waals surface area contributed by atoms with Crippen molar-refractivity contribution in [3.05, 3.63) is 0 Å². The first-order valence-electron chi connectivity index (χ1n) is 3.68. The SMILES string of the molecule is CCOC(=O)C1OCCC1Cl. The summed E-state index contributed by atoms with van der Waals surface area (Å²) in [5.41, 5.74) is 0. The maximum Gasteiger partial charge on any atom is 0.336 e. The van der Waals surface area contributed by atoms with Gasteiger partial charge in [0.15, 0.2) is 6.10 Å². The van der Waals surface area contributed by atoms with Crippen LogP contribution in [0.5, 0.6) is 0 Å². The fraction of sp³-hybridized carbons (Fsp3) is 0.857. The molecule has 1 aliphatic rings. The highest BCUT2D eigenvalue weighted by molar-refractivity contribution is 6.22. The molecule has 0 aromatic carbocycles. The van der Waals surface area contributed by atoms with Crippen molar-refractivity contribution >= 4 is 17.6 Å². The lowest BCUT2D eigenvalue weighted by molar-refractivity contribution is -0.153. The molecule has 64 valence electrons. The summed E-state index contributed by atoms with van der Waals surface area (Å²) in [6.45, 7) is 2.69. The summed E-state index contributed by atoms with van der Waals surface area (Å²) in [7, 11) is 0. The van der Waals surface area contributed by atoms with Crippen LogP contribution < -0.4 is 0 Å². The lowest BCUT2D eigenvalue weighted by Gasteiger charge is -2.10. The van der Waals surface area contributed by atoms with Gasteiger partial charge in [0.25, 0.3) is 0 Å². The summed E-state index contributed by atoms with van der Waals surface area (Å²) in [6.07, 6.45) is 0.182. The lowest BCUT2D eigenvalue weighted by Crippen LogP contribution is -2.29. The molecule has 0 spiro atoms. The molecular weight excluding hydrogens is 168 g/mol. The quantitative estimate of drug-likeness (QED) is 0.467. The number of hydrogen-bond acceptors (Lipinski definition) is 3. The van der Waals surface area contributed by atoms with E-state index in [0.717, 1.165) is 6.42 Å². The van der Waals surface area contributed by atoms with E-state index >= 15 is 0 Å². The second-order valence-corrected chi connectivity index (χ2v) is 2.91. The highest BCUT2D eigenvalue weighted by Gasteiger charge is 2.33.